The zero-order chi connectivity index (χ0) is 22.6. The SMILES string of the molecule is C[C@H](OC(=O)c1ccc(Cl)c(S(=O)(=O)N2CCOCC2)c1)C(=O)N[C@H]1CCCC[C@@H]1C. The lowest BCUT2D eigenvalue weighted by Crippen LogP contribution is -2.46. The Labute approximate surface area is 188 Å². The molecule has 1 N–H and O–H groups in total. The van der Waals surface area contributed by atoms with Crippen molar-refractivity contribution in [2.45, 2.75) is 56.6 Å². The zero-order valence-corrected chi connectivity index (χ0v) is 19.4. The number of nitrogens with one attached hydrogen (secondary N) is 1. The van der Waals surface area contributed by atoms with E-state index < -0.39 is 22.1 Å². The van der Waals surface area contributed by atoms with E-state index in [9.17, 15) is 18.0 Å². The number of carbonyl (C=O) groups is 2. The molecule has 0 aromatic heterocycles. The average molecular weight is 473 g/mol. The maximum Gasteiger partial charge on any atom is 0.338 e. The number of benzene rings is 1. The van der Waals surface area contributed by atoms with Crippen LogP contribution in [-0.2, 0) is 24.3 Å². The number of sulfonamides is 1. The molecular weight excluding hydrogens is 444 g/mol. The first-order chi connectivity index (χ1) is 14.7. The summed E-state index contributed by atoms with van der Waals surface area (Å²) in [6, 6.07) is 4.00. The Bertz CT molecular complexity index is 916. The number of hydrogen-bond donors (Lipinski definition) is 1. The van der Waals surface area contributed by atoms with Crippen molar-refractivity contribution in [3.05, 3.63) is 28.8 Å². The fourth-order valence-corrected chi connectivity index (χ4v) is 5.78. The van der Waals surface area contributed by atoms with E-state index in [2.05, 4.69) is 12.2 Å². The third-order valence-corrected chi connectivity index (χ3v) is 8.23. The van der Waals surface area contributed by atoms with E-state index >= 15 is 0 Å². The second-order valence-electron chi connectivity index (χ2n) is 8.09. The van der Waals surface area contributed by atoms with E-state index in [-0.39, 0.29) is 40.5 Å². The van der Waals surface area contributed by atoms with Crippen molar-refractivity contribution in [2.24, 2.45) is 5.92 Å². The normalized spacial score (nSPS) is 23.7. The molecule has 0 spiro atoms. The predicted octanol–water partition coefficient (Wildman–Crippen LogP) is 2.60. The maximum absolute atomic E-state index is 12.9. The van der Waals surface area contributed by atoms with Crippen LogP contribution in [0.25, 0.3) is 0 Å². The molecule has 1 aromatic carbocycles. The number of hydrogen-bond acceptors (Lipinski definition) is 6. The third kappa shape index (κ3) is 5.77. The van der Waals surface area contributed by atoms with Crippen molar-refractivity contribution in [2.75, 3.05) is 26.3 Å². The molecule has 8 nitrogen and oxygen atoms in total. The van der Waals surface area contributed by atoms with Crippen molar-refractivity contribution < 1.29 is 27.5 Å². The van der Waals surface area contributed by atoms with E-state index in [1.54, 1.807) is 0 Å². The minimum absolute atomic E-state index is 0.0140. The van der Waals surface area contributed by atoms with Crippen molar-refractivity contribution in [3.8, 4) is 0 Å². The zero-order valence-electron chi connectivity index (χ0n) is 17.8. The molecule has 0 radical (unpaired) electrons. The average Bonchev–Trinajstić information content (AvgIpc) is 2.76. The Kier molecular flexibility index (Phi) is 7.96. The number of halogens is 1. The van der Waals surface area contributed by atoms with Gasteiger partial charge in [-0.2, -0.15) is 4.31 Å². The van der Waals surface area contributed by atoms with Crippen molar-refractivity contribution in [1.82, 2.24) is 9.62 Å². The lowest BCUT2D eigenvalue weighted by Gasteiger charge is -2.30. The molecule has 2 aliphatic rings. The molecule has 0 bridgehead atoms. The summed E-state index contributed by atoms with van der Waals surface area (Å²) >= 11 is 6.13. The molecule has 172 valence electrons. The fourth-order valence-electron chi connectivity index (χ4n) is 3.87. The molecule has 3 rings (SSSR count). The summed E-state index contributed by atoms with van der Waals surface area (Å²) in [5.74, 6) is -0.763. The number of nitrogens with zero attached hydrogens (tertiary/aromatic N) is 1. The monoisotopic (exact) mass is 472 g/mol. The molecule has 2 fully saturated rings. The Morgan fingerprint density at radius 1 is 1.23 bits per heavy atom. The van der Waals surface area contributed by atoms with Crippen molar-refractivity contribution in [3.63, 3.8) is 0 Å². The van der Waals surface area contributed by atoms with Crippen LogP contribution in [0.5, 0.6) is 0 Å². The molecule has 1 aliphatic heterocycles. The first-order valence-electron chi connectivity index (χ1n) is 10.6. The van der Waals surface area contributed by atoms with Gasteiger partial charge in [-0.25, -0.2) is 13.2 Å². The molecule has 1 aromatic rings. The van der Waals surface area contributed by atoms with Gasteiger partial charge >= 0.3 is 5.97 Å². The predicted molar refractivity (Wildman–Crippen MR) is 115 cm³/mol. The highest BCUT2D eigenvalue weighted by Crippen LogP contribution is 2.27. The number of morpholine rings is 1. The smallest absolute Gasteiger partial charge is 0.338 e. The molecule has 1 aliphatic carbocycles. The van der Waals surface area contributed by atoms with Gasteiger partial charge in [-0.1, -0.05) is 31.4 Å². The van der Waals surface area contributed by atoms with Gasteiger partial charge in [0.15, 0.2) is 6.10 Å². The number of rotatable bonds is 6. The molecule has 3 atom stereocenters. The Balaban J connectivity index is 1.68. The summed E-state index contributed by atoms with van der Waals surface area (Å²) in [7, 11) is -3.88. The Morgan fingerprint density at radius 2 is 1.90 bits per heavy atom. The lowest BCUT2D eigenvalue weighted by atomic mass is 9.86. The molecule has 10 heteroatoms. The molecular formula is C21H29ClN2O6S. The molecule has 1 saturated carbocycles. The summed E-state index contributed by atoms with van der Waals surface area (Å²) in [4.78, 5) is 24.9. The largest absolute Gasteiger partial charge is 0.449 e. The Hall–Kier alpha value is -1.68. The summed E-state index contributed by atoms with van der Waals surface area (Å²) in [6.45, 7) is 4.62. The van der Waals surface area contributed by atoms with Gasteiger partial charge in [0.1, 0.15) is 4.90 Å². The van der Waals surface area contributed by atoms with Gasteiger partial charge in [-0.15, -0.1) is 0 Å². The van der Waals surface area contributed by atoms with E-state index in [1.807, 2.05) is 0 Å². The van der Waals surface area contributed by atoms with Crippen molar-refractivity contribution >= 4 is 33.5 Å². The van der Waals surface area contributed by atoms with E-state index in [4.69, 9.17) is 21.1 Å². The van der Waals surface area contributed by atoms with Crippen LogP contribution in [-0.4, -0.2) is 63.0 Å². The Morgan fingerprint density at radius 3 is 2.58 bits per heavy atom. The topological polar surface area (TPSA) is 102 Å². The minimum Gasteiger partial charge on any atom is -0.449 e. The number of ether oxygens (including phenoxy) is 2. The molecule has 1 amide bonds. The van der Waals surface area contributed by atoms with Gasteiger partial charge in [0, 0.05) is 19.1 Å². The van der Waals surface area contributed by atoms with Gasteiger partial charge in [0.05, 0.1) is 23.8 Å². The van der Waals surface area contributed by atoms with E-state index in [1.165, 1.54) is 29.4 Å². The minimum atomic E-state index is -3.88. The van der Waals surface area contributed by atoms with Gasteiger partial charge in [0.2, 0.25) is 10.0 Å². The van der Waals surface area contributed by atoms with Crippen LogP contribution in [0.4, 0.5) is 0 Å². The highest BCUT2D eigenvalue weighted by molar-refractivity contribution is 7.89. The summed E-state index contributed by atoms with van der Waals surface area (Å²) in [6.07, 6.45) is 3.19. The van der Waals surface area contributed by atoms with Crippen LogP contribution < -0.4 is 5.32 Å². The van der Waals surface area contributed by atoms with Crippen molar-refractivity contribution in [1.29, 1.82) is 0 Å². The standard InChI is InChI=1S/C21H29ClN2O6S/c1-14-5-3-4-6-18(14)23-20(25)15(2)30-21(26)16-7-8-17(22)19(13-16)31(27,28)24-9-11-29-12-10-24/h7-8,13-15,18H,3-6,9-12H2,1-2H3,(H,23,25)/t14-,15-,18-/m0/s1. The summed E-state index contributed by atoms with van der Waals surface area (Å²) in [5, 5.41) is 2.98. The molecule has 1 heterocycles. The highest BCUT2D eigenvalue weighted by atomic mass is 35.5. The third-order valence-electron chi connectivity index (χ3n) is 5.85. The first-order valence-corrected chi connectivity index (χ1v) is 12.4. The van der Waals surface area contributed by atoms with Crippen LogP contribution in [0.15, 0.2) is 23.1 Å². The van der Waals surface area contributed by atoms with Crippen LogP contribution in [0.1, 0.15) is 49.9 Å². The summed E-state index contributed by atoms with van der Waals surface area (Å²) < 4.78 is 37.6. The van der Waals surface area contributed by atoms with Crippen LogP contribution in [0, 0.1) is 5.92 Å². The van der Waals surface area contributed by atoms with Gasteiger partial charge < -0.3 is 14.8 Å². The van der Waals surface area contributed by atoms with Gasteiger partial charge in [0.25, 0.3) is 5.91 Å². The van der Waals surface area contributed by atoms with E-state index in [0.717, 1.165) is 25.7 Å². The maximum atomic E-state index is 12.9. The van der Waals surface area contributed by atoms with E-state index in [0.29, 0.717) is 19.1 Å². The second-order valence-corrected chi connectivity index (χ2v) is 10.4. The van der Waals surface area contributed by atoms with Gasteiger partial charge in [-0.3, -0.25) is 4.79 Å². The first kappa shape index (κ1) is 24.0. The highest BCUT2D eigenvalue weighted by Gasteiger charge is 2.30. The number of carbonyl (C=O) groups excluding carboxylic acids is 2. The fraction of sp³-hybridized carbons (Fsp3) is 0.619. The lowest BCUT2D eigenvalue weighted by molar-refractivity contribution is -0.130. The van der Waals surface area contributed by atoms with Gasteiger partial charge in [-0.05, 0) is 43.9 Å². The molecule has 31 heavy (non-hydrogen) atoms. The number of amides is 1. The summed E-state index contributed by atoms with van der Waals surface area (Å²) in [5.41, 5.74) is 0.0157. The van der Waals surface area contributed by atoms with Crippen LogP contribution in [0.3, 0.4) is 0 Å². The second kappa shape index (κ2) is 10.3. The van der Waals surface area contributed by atoms with Crippen LogP contribution >= 0.6 is 11.6 Å². The quantitative estimate of drug-likeness (QED) is 0.638. The van der Waals surface area contributed by atoms with Crippen LogP contribution in [0.2, 0.25) is 5.02 Å². The number of esters is 1. The molecule has 0 unspecified atom stereocenters. The molecule has 1 saturated heterocycles.